The third-order valence-corrected chi connectivity index (χ3v) is 18.4. The van der Waals surface area contributed by atoms with E-state index >= 15 is 0 Å². The predicted octanol–water partition coefficient (Wildman–Crippen LogP) is 21.9. The minimum Gasteiger partial charge on any atom is -0.462 e. The Balaban J connectivity index is 5.35. The third-order valence-electron chi connectivity index (χ3n) is 16.5. The van der Waals surface area contributed by atoms with Gasteiger partial charge < -0.3 is 33.8 Å². The van der Waals surface area contributed by atoms with Crippen LogP contribution in [0.25, 0.3) is 0 Å². The fourth-order valence-corrected chi connectivity index (χ4v) is 12.1. The fraction of sp³-hybridized carbons (Fsp3) is 0.818. The first-order valence-electron chi connectivity index (χ1n) is 38.5. The van der Waals surface area contributed by atoms with Crippen molar-refractivity contribution >= 4 is 39.5 Å². The second-order valence-corrected chi connectivity index (χ2v) is 28.9. The molecule has 96 heavy (non-hydrogen) atoms. The van der Waals surface area contributed by atoms with Gasteiger partial charge in [-0.2, -0.15) is 0 Å². The first kappa shape index (κ1) is 92.8. The lowest BCUT2D eigenvalue weighted by Gasteiger charge is -2.21. The number of phosphoric ester groups is 2. The van der Waals surface area contributed by atoms with Gasteiger partial charge in [0.1, 0.15) is 19.3 Å². The molecule has 0 saturated carbocycles. The predicted molar refractivity (Wildman–Crippen MR) is 390 cm³/mol. The summed E-state index contributed by atoms with van der Waals surface area (Å²) in [6.45, 7) is 4.81. The second kappa shape index (κ2) is 70.2. The van der Waals surface area contributed by atoms with Crippen LogP contribution in [-0.4, -0.2) is 96.7 Å². The van der Waals surface area contributed by atoms with Gasteiger partial charge in [-0.05, 0) is 89.9 Å². The van der Waals surface area contributed by atoms with Gasteiger partial charge in [-0.3, -0.25) is 37.3 Å². The molecule has 17 nitrogen and oxygen atoms in total. The van der Waals surface area contributed by atoms with Crippen molar-refractivity contribution in [3.63, 3.8) is 0 Å². The number of carbonyl (C=O) groups excluding carboxylic acids is 4. The standard InChI is InChI=1S/C77H140O17P2/c1-5-9-13-17-21-25-29-33-34-35-36-40-42-46-50-54-58-62-75(80)88-68-73(94-77(82)64-60-56-52-48-44-39-32-28-24-20-16-12-8-4)70-92-96(85,86)90-66-71(78)65-89-95(83,84)91-69-72(93-76(81)63-59-55-51-47-43-38-31-27-23-19-15-11-7-3)67-87-74(79)61-57-53-49-45-41-37-30-26-22-18-14-10-6-2/h21,25-26,30,33-34,36,40,46,50,71-73,78H,5-20,22-24,27-29,31-32,35,37-39,41-45,47-49,51-70H2,1-4H3,(H,83,84)(H,85,86)/b25-21-,30-26-,34-33-,40-36-,50-46-/t71-,72+,73+/m0/s1. The van der Waals surface area contributed by atoms with E-state index in [4.69, 9.17) is 37.0 Å². The second-order valence-electron chi connectivity index (χ2n) is 26.0. The number of hydrogen-bond acceptors (Lipinski definition) is 15. The summed E-state index contributed by atoms with van der Waals surface area (Å²) in [6, 6.07) is 0. The van der Waals surface area contributed by atoms with Crippen LogP contribution in [0, 0.1) is 0 Å². The molecule has 0 aliphatic carbocycles. The maximum atomic E-state index is 13.1. The fourth-order valence-electron chi connectivity index (χ4n) is 10.6. The van der Waals surface area contributed by atoms with Crippen LogP contribution in [0.4, 0.5) is 0 Å². The van der Waals surface area contributed by atoms with Crippen molar-refractivity contribution in [1.29, 1.82) is 0 Å². The topological polar surface area (TPSA) is 237 Å². The number of rotatable bonds is 73. The Labute approximate surface area is 584 Å². The molecule has 5 atom stereocenters. The van der Waals surface area contributed by atoms with E-state index in [9.17, 15) is 43.2 Å². The normalized spacial score (nSPS) is 14.3. The van der Waals surface area contributed by atoms with Crippen LogP contribution in [0.1, 0.15) is 349 Å². The van der Waals surface area contributed by atoms with Crippen LogP contribution in [-0.2, 0) is 65.4 Å². The molecule has 19 heteroatoms. The molecule has 0 aliphatic rings. The molecule has 0 aromatic rings. The molecule has 0 spiro atoms. The number of unbranched alkanes of at least 4 members (excludes halogenated alkanes) is 37. The quantitative estimate of drug-likeness (QED) is 0.0169. The number of phosphoric acid groups is 2. The smallest absolute Gasteiger partial charge is 0.462 e. The summed E-state index contributed by atoms with van der Waals surface area (Å²) in [5.41, 5.74) is 0. The van der Waals surface area contributed by atoms with Gasteiger partial charge in [-0.1, -0.05) is 294 Å². The maximum absolute atomic E-state index is 13.1. The molecular weight excluding hydrogens is 1260 g/mol. The van der Waals surface area contributed by atoms with E-state index in [1.807, 2.05) is 12.2 Å². The van der Waals surface area contributed by atoms with E-state index in [2.05, 4.69) is 76.3 Å². The number of carbonyl (C=O) groups is 4. The lowest BCUT2D eigenvalue weighted by molar-refractivity contribution is -0.161. The van der Waals surface area contributed by atoms with Crippen molar-refractivity contribution < 1.29 is 80.2 Å². The number of allylic oxidation sites excluding steroid dienone is 10. The van der Waals surface area contributed by atoms with Crippen molar-refractivity contribution in [2.24, 2.45) is 0 Å². The molecule has 0 radical (unpaired) electrons. The largest absolute Gasteiger partial charge is 0.472 e. The molecule has 0 fully saturated rings. The summed E-state index contributed by atoms with van der Waals surface area (Å²) in [5.74, 6) is -2.22. The average molecular weight is 1400 g/mol. The van der Waals surface area contributed by atoms with Crippen LogP contribution in [0.5, 0.6) is 0 Å². The summed E-state index contributed by atoms with van der Waals surface area (Å²) in [6.07, 6.45) is 67.8. The molecule has 0 amide bonds. The van der Waals surface area contributed by atoms with Crippen LogP contribution in [0.3, 0.4) is 0 Å². The van der Waals surface area contributed by atoms with Gasteiger partial charge in [0.05, 0.1) is 26.4 Å². The molecule has 0 aromatic heterocycles. The van der Waals surface area contributed by atoms with Crippen LogP contribution < -0.4 is 0 Å². The molecule has 0 bridgehead atoms. The van der Waals surface area contributed by atoms with Crippen molar-refractivity contribution in [1.82, 2.24) is 0 Å². The summed E-state index contributed by atoms with van der Waals surface area (Å²) in [4.78, 5) is 72.8. The summed E-state index contributed by atoms with van der Waals surface area (Å²) in [7, 11) is -9.94. The van der Waals surface area contributed by atoms with Gasteiger partial charge in [0.25, 0.3) is 0 Å². The molecule has 0 rings (SSSR count). The lowest BCUT2D eigenvalue weighted by atomic mass is 10.0. The third kappa shape index (κ3) is 69.2. The average Bonchev–Trinajstić information content (AvgIpc) is 3.12. The van der Waals surface area contributed by atoms with Gasteiger partial charge >= 0.3 is 39.5 Å². The van der Waals surface area contributed by atoms with Crippen molar-refractivity contribution in [2.75, 3.05) is 39.6 Å². The molecule has 2 unspecified atom stereocenters. The van der Waals surface area contributed by atoms with E-state index in [0.717, 1.165) is 116 Å². The molecule has 0 saturated heterocycles. The molecule has 0 aliphatic heterocycles. The molecule has 0 heterocycles. The molecule has 0 aromatic carbocycles. The van der Waals surface area contributed by atoms with Crippen molar-refractivity contribution in [3.05, 3.63) is 60.8 Å². The Morgan fingerprint density at radius 3 is 0.865 bits per heavy atom. The van der Waals surface area contributed by atoms with Gasteiger partial charge in [0, 0.05) is 25.7 Å². The maximum Gasteiger partial charge on any atom is 0.472 e. The number of hydrogen-bond donors (Lipinski definition) is 3. The van der Waals surface area contributed by atoms with Crippen molar-refractivity contribution in [3.8, 4) is 0 Å². The number of ether oxygens (including phenoxy) is 4. The highest BCUT2D eigenvalue weighted by Crippen LogP contribution is 2.45. The zero-order valence-corrected chi connectivity index (χ0v) is 62.8. The van der Waals surface area contributed by atoms with Crippen molar-refractivity contribution in [2.45, 2.75) is 367 Å². The number of aliphatic hydroxyl groups excluding tert-OH is 1. The minimum absolute atomic E-state index is 0.0895. The monoisotopic (exact) mass is 1400 g/mol. The molecule has 560 valence electrons. The van der Waals surface area contributed by atoms with E-state index in [1.54, 1.807) is 0 Å². The first-order chi connectivity index (χ1) is 46.7. The highest BCUT2D eigenvalue weighted by molar-refractivity contribution is 7.47. The van der Waals surface area contributed by atoms with E-state index < -0.39 is 97.5 Å². The van der Waals surface area contributed by atoms with E-state index in [1.165, 1.54) is 148 Å². The Morgan fingerprint density at radius 1 is 0.292 bits per heavy atom. The molecule has 3 N–H and O–H groups in total. The zero-order chi connectivity index (χ0) is 70.4. The number of aliphatic hydroxyl groups is 1. The summed E-state index contributed by atoms with van der Waals surface area (Å²) >= 11 is 0. The summed E-state index contributed by atoms with van der Waals surface area (Å²) < 4.78 is 68.4. The van der Waals surface area contributed by atoms with Crippen LogP contribution >= 0.6 is 15.6 Å². The summed E-state index contributed by atoms with van der Waals surface area (Å²) in [5, 5.41) is 10.6. The highest BCUT2D eigenvalue weighted by atomic mass is 31.2. The van der Waals surface area contributed by atoms with Gasteiger partial charge in [-0.25, -0.2) is 9.13 Å². The Bertz CT molecular complexity index is 2060. The van der Waals surface area contributed by atoms with E-state index in [0.29, 0.717) is 32.1 Å². The minimum atomic E-state index is -4.98. The molecular formula is C77H140O17P2. The lowest BCUT2D eigenvalue weighted by Crippen LogP contribution is -2.30. The number of esters is 4. The van der Waals surface area contributed by atoms with Crippen LogP contribution in [0.2, 0.25) is 0 Å². The zero-order valence-electron chi connectivity index (χ0n) is 61.1. The van der Waals surface area contributed by atoms with Crippen LogP contribution in [0.15, 0.2) is 60.8 Å². The Kier molecular flexibility index (Phi) is 67.8. The first-order valence-corrected chi connectivity index (χ1v) is 41.5. The Hall–Kier alpha value is -3.24. The van der Waals surface area contributed by atoms with Gasteiger partial charge in [0.15, 0.2) is 12.2 Å². The Morgan fingerprint density at radius 2 is 0.521 bits per heavy atom. The SMILES string of the molecule is CCCCC/C=C\C/C=C\C/C=C\C/C=C\CCCC(=O)OC[C@H](COP(=O)(O)OC[C@@H](O)COP(=O)(O)OC[C@@H](COC(=O)CCCCCCC/C=C\CCCCCC)OC(=O)CCCCCCCCCCCCCCC)OC(=O)CCCCCCCCCCCCCCC. The van der Waals surface area contributed by atoms with E-state index in [-0.39, 0.29) is 25.7 Å². The van der Waals surface area contributed by atoms with Gasteiger partial charge in [-0.15, -0.1) is 0 Å². The van der Waals surface area contributed by atoms with Gasteiger partial charge in [0.2, 0.25) is 0 Å². The highest BCUT2D eigenvalue weighted by Gasteiger charge is 2.30.